The topological polar surface area (TPSA) is 103 Å². The van der Waals surface area contributed by atoms with Crippen LogP contribution in [0.15, 0.2) is 46.9 Å². The molecule has 0 radical (unpaired) electrons. The van der Waals surface area contributed by atoms with Gasteiger partial charge in [-0.1, -0.05) is 24.3 Å². The Hall–Kier alpha value is -2.87. The lowest BCUT2D eigenvalue weighted by Gasteiger charge is -2.00. The summed E-state index contributed by atoms with van der Waals surface area (Å²) in [6.45, 7) is 1.59. The molecular weight excluding hydrogens is 380 g/mol. The van der Waals surface area contributed by atoms with Gasteiger partial charge in [0.25, 0.3) is 11.4 Å². The van der Waals surface area contributed by atoms with Gasteiger partial charge in [-0.25, -0.2) is 0 Å². The van der Waals surface area contributed by atoms with Crippen molar-refractivity contribution in [3.05, 3.63) is 83.9 Å². The molecule has 0 aliphatic rings. The fourth-order valence-corrected chi connectivity index (χ4v) is 2.39. The van der Waals surface area contributed by atoms with Gasteiger partial charge in [-0.05, 0) is 40.6 Å². The molecule has 0 aromatic heterocycles. The average Bonchev–Trinajstić information content (AvgIpc) is 2.53. The van der Waals surface area contributed by atoms with Crippen LogP contribution in [-0.2, 0) is 0 Å². The van der Waals surface area contributed by atoms with Gasteiger partial charge in [0, 0.05) is 23.3 Å². The normalized spacial score (nSPS) is 10.8. The zero-order valence-electron chi connectivity index (χ0n) is 12.4. The summed E-state index contributed by atoms with van der Waals surface area (Å²) in [7, 11) is 0. The first-order chi connectivity index (χ1) is 11.3. The summed E-state index contributed by atoms with van der Waals surface area (Å²) in [5, 5.41) is 21.8. The van der Waals surface area contributed by atoms with Crippen molar-refractivity contribution in [2.75, 3.05) is 0 Å². The van der Waals surface area contributed by atoms with Crippen LogP contribution in [0.3, 0.4) is 0 Å². The Morgan fingerprint density at radius 2 is 1.71 bits per heavy atom. The van der Waals surface area contributed by atoms with Gasteiger partial charge in [0.1, 0.15) is 0 Å². The summed E-state index contributed by atoms with van der Waals surface area (Å²) < 4.78 is 0.338. The van der Waals surface area contributed by atoms with Gasteiger partial charge in [-0.15, -0.1) is 0 Å². The van der Waals surface area contributed by atoms with Gasteiger partial charge in [0.15, 0.2) is 5.78 Å². The number of benzene rings is 2. The monoisotopic (exact) mass is 390 g/mol. The molecule has 0 heterocycles. The van der Waals surface area contributed by atoms with E-state index < -0.39 is 15.6 Å². The zero-order valence-corrected chi connectivity index (χ0v) is 14.0. The lowest BCUT2D eigenvalue weighted by molar-refractivity contribution is -0.385. The van der Waals surface area contributed by atoms with E-state index in [4.69, 9.17) is 0 Å². The van der Waals surface area contributed by atoms with Gasteiger partial charge in [0.05, 0.1) is 14.3 Å². The second kappa shape index (κ2) is 7.14. The number of carbonyl (C=O) groups is 1. The number of hydrogen-bond donors (Lipinski definition) is 0. The van der Waals surface area contributed by atoms with E-state index in [9.17, 15) is 25.0 Å². The van der Waals surface area contributed by atoms with Crippen molar-refractivity contribution in [3.8, 4) is 0 Å². The van der Waals surface area contributed by atoms with Crippen LogP contribution < -0.4 is 0 Å². The van der Waals surface area contributed by atoms with Crippen LogP contribution in [-0.4, -0.2) is 15.6 Å². The van der Waals surface area contributed by atoms with Crippen molar-refractivity contribution in [1.29, 1.82) is 0 Å². The van der Waals surface area contributed by atoms with Gasteiger partial charge >= 0.3 is 0 Å². The summed E-state index contributed by atoms with van der Waals surface area (Å²) >= 11 is 3.08. The summed E-state index contributed by atoms with van der Waals surface area (Å²) in [6.07, 6.45) is 2.65. The third kappa shape index (κ3) is 3.90. The summed E-state index contributed by atoms with van der Waals surface area (Å²) in [5.74, 6) is -0.427. The fourth-order valence-electron chi connectivity index (χ4n) is 2.00. The standard InChI is InChI=1S/C16H11BrN2O5/c1-10-2-5-12(9-14(10)18(21)22)16(20)7-4-11-3-6-13(17)15(8-11)19(23)24/h2-9H,1H3/b7-4+. The van der Waals surface area contributed by atoms with Crippen LogP contribution in [0.1, 0.15) is 21.5 Å². The molecular formula is C16H11BrN2O5. The number of rotatable bonds is 5. The Kier molecular flexibility index (Phi) is 5.20. The lowest BCUT2D eigenvalue weighted by Crippen LogP contribution is -1.98. The number of hydrogen-bond acceptors (Lipinski definition) is 5. The second-order valence-electron chi connectivity index (χ2n) is 4.92. The number of carbonyl (C=O) groups excluding carboxylic acids is 1. The Bertz CT molecular complexity index is 877. The lowest BCUT2D eigenvalue weighted by atomic mass is 10.1. The summed E-state index contributed by atoms with van der Waals surface area (Å²) in [5.41, 5.74) is 0.864. The van der Waals surface area contributed by atoms with E-state index in [0.717, 1.165) is 0 Å². The molecule has 8 heteroatoms. The van der Waals surface area contributed by atoms with E-state index in [2.05, 4.69) is 15.9 Å². The number of nitrogens with zero attached hydrogens (tertiary/aromatic N) is 2. The highest BCUT2D eigenvalue weighted by molar-refractivity contribution is 9.10. The summed E-state index contributed by atoms with van der Waals surface area (Å²) in [6, 6.07) is 8.66. The molecule has 7 nitrogen and oxygen atoms in total. The predicted octanol–water partition coefficient (Wildman–Crippen LogP) is 4.47. The van der Waals surface area contributed by atoms with Gasteiger partial charge in [-0.3, -0.25) is 25.0 Å². The maximum absolute atomic E-state index is 12.1. The molecule has 0 bridgehead atoms. The smallest absolute Gasteiger partial charge is 0.284 e. The first kappa shape index (κ1) is 17.5. The zero-order chi connectivity index (χ0) is 17.9. The molecule has 2 rings (SSSR count). The van der Waals surface area contributed by atoms with Crippen molar-refractivity contribution < 1.29 is 14.6 Å². The molecule has 0 N–H and O–H groups in total. The maximum Gasteiger partial charge on any atom is 0.284 e. The minimum Gasteiger partial charge on any atom is -0.289 e. The average molecular weight is 391 g/mol. The molecule has 24 heavy (non-hydrogen) atoms. The molecule has 2 aromatic carbocycles. The molecule has 0 saturated carbocycles. The van der Waals surface area contributed by atoms with E-state index in [1.807, 2.05) is 0 Å². The molecule has 0 spiro atoms. The second-order valence-corrected chi connectivity index (χ2v) is 5.78. The Morgan fingerprint density at radius 1 is 1.04 bits per heavy atom. The number of allylic oxidation sites excluding steroid dienone is 1. The Morgan fingerprint density at radius 3 is 2.33 bits per heavy atom. The Balaban J connectivity index is 2.28. The third-order valence-corrected chi connectivity index (χ3v) is 3.95. The maximum atomic E-state index is 12.1. The van der Waals surface area contributed by atoms with Crippen molar-refractivity contribution in [3.63, 3.8) is 0 Å². The van der Waals surface area contributed by atoms with E-state index in [1.54, 1.807) is 13.0 Å². The number of nitro groups is 2. The predicted molar refractivity (Wildman–Crippen MR) is 92.0 cm³/mol. The minimum absolute atomic E-state index is 0.115. The largest absolute Gasteiger partial charge is 0.289 e. The van der Waals surface area contributed by atoms with Crippen molar-refractivity contribution in [1.82, 2.24) is 0 Å². The molecule has 0 atom stereocenters. The number of nitro benzene ring substituents is 2. The van der Waals surface area contributed by atoms with Crippen molar-refractivity contribution in [2.45, 2.75) is 6.92 Å². The van der Waals surface area contributed by atoms with Gasteiger partial charge < -0.3 is 0 Å². The van der Waals surface area contributed by atoms with E-state index in [0.29, 0.717) is 15.6 Å². The highest BCUT2D eigenvalue weighted by atomic mass is 79.9. The molecule has 0 fully saturated rings. The molecule has 0 aliphatic carbocycles. The number of ketones is 1. The van der Waals surface area contributed by atoms with Crippen LogP contribution in [0.5, 0.6) is 0 Å². The third-order valence-electron chi connectivity index (χ3n) is 3.28. The highest BCUT2D eigenvalue weighted by Crippen LogP contribution is 2.26. The highest BCUT2D eigenvalue weighted by Gasteiger charge is 2.14. The Labute approximate surface area is 145 Å². The summed E-state index contributed by atoms with van der Waals surface area (Å²) in [4.78, 5) is 32.9. The van der Waals surface area contributed by atoms with E-state index >= 15 is 0 Å². The van der Waals surface area contributed by atoms with Crippen molar-refractivity contribution in [2.24, 2.45) is 0 Å². The fraction of sp³-hybridized carbons (Fsp3) is 0.0625. The van der Waals surface area contributed by atoms with E-state index in [-0.39, 0.29) is 16.9 Å². The van der Waals surface area contributed by atoms with Crippen LogP contribution in [0.4, 0.5) is 11.4 Å². The van der Waals surface area contributed by atoms with Gasteiger partial charge in [-0.2, -0.15) is 0 Å². The van der Waals surface area contributed by atoms with Crippen molar-refractivity contribution >= 4 is 39.2 Å². The molecule has 0 aliphatic heterocycles. The molecule has 0 saturated heterocycles. The van der Waals surface area contributed by atoms with Gasteiger partial charge in [0.2, 0.25) is 0 Å². The van der Waals surface area contributed by atoms with Crippen LogP contribution >= 0.6 is 15.9 Å². The number of halogens is 1. The van der Waals surface area contributed by atoms with Crippen LogP contribution in [0.25, 0.3) is 6.08 Å². The first-order valence-electron chi connectivity index (χ1n) is 6.71. The quantitative estimate of drug-likeness (QED) is 0.324. The molecule has 2 aromatic rings. The number of aryl methyl sites for hydroxylation is 1. The molecule has 0 unspecified atom stereocenters. The van der Waals surface area contributed by atoms with Crippen LogP contribution in [0.2, 0.25) is 0 Å². The minimum atomic E-state index is -0.548. The molecule has 0 amide bonds. The SMILES string of the molecule is Cc1ccc(C(=O)/C=C/c2ccc(Br)c([N+](=O)[O-])c2)cc1[N+](=O)[O-]. The molecule has 122 valence electrons. The van der Waals surface area contributed by atoms with Crippen LogP contribution in [0, 0.1) is 27.2 Å². The van der Waals surface area contributed by atoms with E-state index in [1.165, 1.54) is 42.5 Å². The first-order valence-corrected chi connectivity index (χ1v) is 7.50.